The van der Waals surface area contributed by atoms with E-state index in [2.05, 4.69) is 32.9 Å². The van der Waals surface area contributed by atoms with E-state index < -0.39 is 7.26 Å². The summed E-state index contributed by atoms with van der Waals surface area (Å²) in [5, 5.41) is 1.49. The summed E-state index contributed by atoms with van der Waals surface area (Å²) in [4.78, 5) is 0. The van der Waals surface area contributed by atoms with Crippen molar-refractivity contribution in [2.45, 2.75) is 155 Å². The molecule has 0 aromatic heterocycles. The van der Waals surface area contributed by atoms with Crippen LogP contribution in [-0.4, -0.2) is 18.5 Å². The molecule has 1 rings (SSSR count). The summed E-state index contributed by atoms with van der Waals surface area (Å²) in [7, 11) is -0.964. The van der Waals surface area contributed by atoms with Gasteiger partial charge in [0, 0.05) is 12.8 Å². The third kappa shape index (κ3) is 16.2. The lowest BCUT2D eigenvalue weighted by Gasteiger charge is -2.26. The summed E-state index contributed by atoms with van der Waals surface area (Å²) in [6, 6.07) is 6.15. The molecular weight excluding hydrogens is 498 g/mol. The third-order valence-corrected chi connectivity index (χ3v) is 14.2. The zero-order valence-electron chi connectivity index (χ0n) is 24.4. The van der Waals surface area contributed by atoms with Gasteiger partial charge in [-0.1, -0.05) is 158 Å². The first-order chi connectivity index (χ1) is 17.6. The highest BCUT2D eigenvalue weighted by molar-refractivity contribution is 7.75. The van der Waals surface area contributed by atoms with Gasteiger partial charge in [0.2, 0.25) is 0 Å². The number of unbranched alkanes of at least 4 members (excludes halogenated alkanes) is 19. The number of halogens is 2. The fraction of sp³-hybridized carbons (Fsp3) is 0.818. The lowest BCUT2D eigenvalue weighted by molar-refractivity contribution is 0.523. The van der Waals surface area contributed by atoms with Gasteiger partial charge in [-0.15, -0.1) is 0 Å². The topological polar surface area (TPSA) is 0 Å². The molecule has 0 unspecified atom stereocenters. The summed E-state index contributed by atoms with van der Waals surface area (Å²) >= 11 is 12.8. The Morgan fingerprint density at radius 1 is 0.528 bits per heavy atom. The molecule has 0 aliphatic carbocycles. The van der Waals surface area contributed by atoms with E-state index in [1.54, 1.807) is 0 Å². The van der Waals surface area contributed by atoms with Crippen molar-refractivity contribution in [2.75, 3.05) is 18.5 Å². The number of hydrogen-bond donors (Lipinski definition) is 0. The summed E-state index contributed by atoms with van der Waals surface area (Å²) < 4.78 is 0. The second kappa shape index (κ2) is 23.1. The molecule has 0 amide bonds. The van der Waals surface area contributed by atoms with Crippen molar-refractivity contribution in [1.29, 1.82) is 0 Å². The highest BCUT2D eigenvalue weighted by atomic mass is 35.5. The van der Waals surface area contributed by atoms with E-state index >= 15 is 0 Å². The van der Waals surface area contributed by atoms with Gasteiger partial charge in [-0.3, -0.25) is 0 Å². The smallest absolute Gasteiger partial charge is 0.0827 e. The Kier molecular flexibility index (Phi) is 22.0. The highest BCUT2D eigenvalue weighted by Gasteiger charge is 2.33. The van der Waals surface area contributed by atoms with Gasteiger partial charge in [-0.25, -0.2) is 0 Å². The van der Waals surface area contributed by atoms with Crippen molar-refractivity contribution in [3.05, 3.63) is 33.8 Å². The van der Waals surface area contributed by atoms with Crippen molar-refractivity contribution in [3.8, 4) is 0 Å². The Morgan fingerprint density at radius 3 is 1.31 bits per heavy atom. The monoisotopic (exact) mass is 557 g/mol. The Balaban J connectivity index is 1.95. The average Bonchev–Trinajstić information content (AvgIpc) is 2.89. The molecule has 1 aromatic rings. The van der Waals surface area contributed by atoms with Crippen molar-refractivity contribution >= 4 is 30.5 Å². The Morgan fingerprint density at radius 2 is 0.917 bits per heavy atom. The third-order valence-electron chi connectivity index (χ3n) is 8.36. The van der Waals surface area contributed by atoms with Gasteiger partial charge in [0.15, 0.2) is 0 Å². The van der Waals surface area contributed by atoms with Crippen molar-refractivity contribution in [3.63, 3.8) is 0 Å². The molecule has 0 bridgehead atoms. The molecule has 0 saturated heterocycles. The first kappa shape index (κ1) is 34.3. The molecule has 1 aromatic carbocycles. The maximum atomic E-state index is 6.52. The molecule has 0 spiro atoms. The number of benzene rings is 1. The highest BCUT2D eigenvalue weighted by Crippen LogP contribution is 2.62. The molecular formula is C33H60Cl2P+. The van der Waals surface area contributed by atoms with Gasteiger partial charge in [0.05, 0.1) is 34.7 Å². The number of rotatable bonds is 25. The molecule has 0 N–H and O–H groups in total. The van der Waals surface area contributed by atoms with Gasteiger partial charge in [-0.2, -0.15) is 0 Å². The van der Waals surface area contributed by atoms with Crippen molar-refractivity contribution < 1.29 is 0 Å². The van der Waals surface area contributed by atoms with E-state index in [1.165, 1.54) is 159 Å². The Labute approximate surface area is 237 Å². The van der Waals surface area contributed by atoms with Crippen LogP contribution in [0.25, 0.3) is 0 Å². The van der Waals surface area contributed by atoms with Crippen LogP contribution in [0.1, 0.15) is 155 Å². The van der Waals surface area contributed by atoms with E-state index in [0.717, 1.165) is 5.02 Å². The SMILES string of the molecule is CCCCCCCCCCCCCCCCCCCCCC[P+](CC)(CC)Cc1cccc(Cl)c1Cl. The van der Waals surface area contributed by atoms with Crippen LogP contribution in [0, 0.1) is 0 Å². The standard InChI is InChI=1S/C33H60Cl2P/c1-4-7-8-9-10-11-12-13-14-15-16-17-18-19-20-21-22-23-24-25-29-36(5-2,6-3)30-31-27-26-28-32(34)33(31)35/h26-28H,4-25,29-30H2,1-3H3/q+1. The van der Waals surface area contributed by atoms with Crippen LogP contribution in [0.4, 0.5) is 0 Å². The largest absolute Gasteiger partial charge is 0.0857 e. The predicted molar refractivity (Wildman–Crippen MR) is 171 cm³/mol. The number of hydrogen-bond acceptors (Lipinski definition) is 0. The van der Waals surface area contributed by atoms with E-state index in [1.807, 2.05) is 6.07 Å². The molecule has 0 radical (unpaired) electrons. The lowest BCUT2D eigenvalue weighted by atomic mass is 10.0. The van der Waals surface area contributed by atoms with Gasteiger partial charge in [-0.05, 0) is 32.8 Å². The van der Waals surface area contributed by atoms with E-state index in [4.69, 9.17) is 23.2 Å². The molecule has 0 nitrogen and oxygen atoms in total. The molecule has 36 heavy (non-hydrogen) atoms. The summed E-state index contributed by atoms with van der Waals surface area (Å²) in [6.45, 7) is 7.09. The molecule has 0 heterocycles. The van der Waals surface area contributed by atoms with Crippen LogP contribution in [0.5, 0.6) is 0 Å². The Bertz CT molecular complexity index is 626. The molecule has 0 saturated carbocycles. The van der Waals surface area contributed by atoms with Crippen molar-refractivity contribution in [2.24, 2.45) is 0 Å². The second-order valence-electron chi connectivity index (χ2n) is 11.3. The summed E-state index contributed by atoms with van der Waals surface area (Å²) in [5.74, 6) is 0. The van der Waals surface area contributed by atoms with Gasteiger partial charge < -0.3 is 0 Å². The second-order valence-corrected chi connectivity index (χ2v) is 16.8. The zero-order chi connectivity index (χ0) is 26.3. The molecule has 0 aliphatic rings. The van der Waals surface area contributed by atoms with Crippen LogP contribution in [-0.2, 0) is 6.16 Å². The van der Waals surface area contributed by atoms with Crippen LogP contribution in [0.3, 0.4) is 0 Å². The lowest BCUT2D eigenvalue weighted by Crippen LogP contribution is -2.08. The molecule has 0 fully saturated rings. The van der Waals surface area contributed by atoms with E-state index in [-0.39, 0.29) is 0 Å². The first-order valence-electron chi connectivity index (χ1n) is 15.9. The van der Waals surface area contributed by atoms with Crippen LogP contribution in [0.15, 0.2) is 18.2 Å². The van der Waals surface area contributed by atoms with Gasteiger partial charge >= 0.3 is 0 Å². The average molecular weight is 559 g/mol. The normalized spacial score (nSPS) is 11.9. The Hall–Kier alpha value is 0.230. The van der Waals surface area contributed by atoms with E-state index in [9.17, 15) is 0 Å². The summed E-state index contributed by atoms with van der Waals surface area (Å²) in [5.41, 5.74) is 1.27. The molecule has 3 heteroatoms. The first-order valence-corrected chi connectivity index (χ1v) is 19.1. The summed E-state index contributed by atoms with van der Waals surface area (Å²) in [6.07, 6.45) is 34.2. The minimum absolute atomic E-state index is 0.707. The van der Waals surface area contributed by atoms with Gasteiger partial charge in [0.1, 0.15) is 0 Å². The minimum Gasteiger partial charge on any atom is -0.0827 e. The van der Waals surface area contributed by atoms with Crippen LogP contribution >= 0.6 is 30.5 Å². The molecule has 210 valence electrons. The zero-order valence-corrected chi connectivity index (χ0v) is 26.8. The maximum Gasteiger partial charge on any atom is 0.0857 e. The fourth-order valence-electron chi connectivity index (χ4n) is 5.58. The van der Waals surface area contributed by atoms with Crippen LogP contribution < -0.4 is 0 Å². The maximum absolute atomic E-state index is 6.52. The molecule has 0 atom stereocenters. The molecule has 0 aliphatic heterocycles. The predicted octanol–water partition coefficient (Wildman–Crippen LogP) is 13.4. The fourth-order valence-corrected chi connectivity index (χ4v) is 9.62. The van der Waals surface area contributed by atoms with Crippen LogP contribution in [0.2, 0.25) is 10.0 Å². The van der Waals surface area contributed by atoms with E-state index in [0.29, 0.717) is 5.02 Å². The van der Waals surface area contributed by atoms with Crippen molar-refractivity contribution in [1.82, 2.24) is 0 Å². The van der Waals surface area contributed by atoms with Gasteiger partial charge in [0.25, 0.3) is 0 Å². The quantitative estimate of drug-likeness (QED) is 0.0827. The minimum atomic E-state index is -0.964.